The molecule has 0 bridgehead atoms. The molecule has 0 aromatic carbocycles. The second-order valence-corrected chi connectivity index (χ2v) is 4.93. The maximum atomic E-state index is 2.41. The zero-order valence-corrected chi connectivity index (χ0v) is 10.1. The van der Waals surface area contributed by atoms with E-state index in [0.29, 0.717) is 0 Å². The van der Waals surface area contributed by atoms with E-state index in [1.165, 1.54) is 44.9 Å². The van der Waals surface area contributed by atoms with Crippen LogP contribution in [0.5, 0.6) is 0 Å². The van der Waals surface area contributed by atoms with Gasteiger partial charge >= 0.3 is 0 Å². The molecule has 0 rings (SSSR count). The molecular formula is C13H28. The Bertz CT molecular complexity index is 94.2. The van der Waals surface area contributed by atoms with Crippen LogP contribution < -0.4 is 0 Å². The third-order valence-corrected chi connectivity index (χ3v) is 2.78. The molecule has 1 unspecified atom stereocenters. The summed E-state index contributed by atoms with van der Waals surface area (Å²) < 4.78 is 0. The topological polar surface area (TPSA) is 0 Å². The van der Waals surface area contributed by atoms with Crippen molar-refractivity contribution in [3.8, 4) is 0 Å². The molecule has 0 amide bonds. The molecule has 80 valence electrons. The SMILES string of the molecule is CCCCC(C)CCCCC(C)C. The van der Waals surface area contributed by atoms with E-state index in [-0.39, 0.29) is 0 Å². The first-order chi connectivity index (χ1) is 6.16. The molecule has 0 spiro atoms. The Morgan fingerprint density at radius 1 is 0.769 bits per heavy atom. The summed E-state index contributed by atoms with van der Waals surface area (Å²) >= 11 is 0. The van der Waals surface area contributed by atoms with Crippen LogP contribution in [0.4, 0.5) is 0 Å². The highest BCUT2D eigenvalue weighted by molar-refractivity contribution is 4.54. The standard InChI is InChI=1S/C13H28/c1-5-6-10-13(4)11-8-7-9-12(2)3/h12-13H,5-11H2,1-4H3. The molecule has 0 N–H and O–H groups in total. The second kappa shape index (κ2) is 8.59. The highest BCUT2D eigenvalue weighted by Gasteiger charge is 2.01. The first-order valence-electron chi connectivity index (χ1n) is 6.16. The molecule has 1 atom stereocenters. The van der Waals surface area contributed by atoms with Crippen LogP contribution in [0.1, 0.15) is 72.6 Å². The smallest absolute Gasteiger partial charge is 0.0443 e. The minimum Gasteiger partial charge on any atom is -0.0654 e. The average Bonchev–Trinajstić information content (AvgIpc) is 2.08. The highest BCUT2D eigenvalue weighted by atomic mass is 14.1. The highest BCUT2D eigenvalue weighted by Crippen LogP contribution is 2.17. The van der Waals surface area contributed by atoms with Crippen molar-refractivity contribution in [2.75, 3.05) is 0 Å². The van der Waals surface area contributed by atoms with Crippen molar-refractivity contribution in [2.45, 2.75) is 72.6 Å². The van der Waals surface area contributed by atoms with Gasteiger partial charge in [0.2, 0.25) is 0 Å². The molecule has 0 aliphatic heterocycles. The van der Waals surface area contributed by atoms with Crippen LogP contribution in [0.2, 0.25) is 0 Å². The Morgan fingerprint density at radius 3 is 1.85 bits per heavy atom. The molecule has 0 saturated carbocycles. The monoisotopic (exact) mass is 184 g/mol. The van der Waals surface area contributed by atoms with Gasteiger partial charge in [0.25, 0.3) is 0 Å². The average molecular weight is 184 g/mol. The van der Waals surface area contributed by atoms with Gasteiger partial charge in [0.15, 0.2) is 0 Å². The zero-order chi connectivity index (χ0) is 10.1. The Labute approximate surface area is 85.1 Å². The van der Waals surface area contributed by atoms with Gasteiger partial charge in [0.1, 0.15) is 0 Å². The molecule has 0 saturated heterocycles. The third-order valence-electron chi connectivity index (χ3n) is 2.78. The lowest BCUT2D eigenvalue weighted by Gasteiger charge is -2.10. The summed E-state index contributed by atoms with van der Waals surface area (Å²) in [5.41, 5.74) is 0. The number of unbranched alkanes of at least 4 members (excludes halogenated alkanes) is 2. The van der Waals surface area contributed by atoms with E-state index in [4.69, 9.17) is 0 Å². The van der Waals surface area contributed by atoms with E-state index >= 15 is 0 Å². The van der Waals surface area contributed by atoms with Crippen LogP contribution in [0.25, 0.3) is 0 Å². The minimum absolute atomic E-state index is 0.894. The van der Waals surface area contributed by atoms with Gasteiger partial charge in [-0.1, -0.05) is 72.6 Å². The summed E-state index contributed by atoms with van der Waals surface area (Å²) in [6.07, 6.45) is 9.98. The van der Waals surface area contributed by atoms with Crippen LogP contribution in [-0.4, -0.2) is 0 Å². The molecule has 0 aliphatic rings. The fourth-order valence-electron chi connectivity index (χ4n) is 1.74. The van der Waals surface area contributed by atoms with Gasteiger partial charge in [-0.2, -0.15) is 0 Å². The second-order valence-electron chi connectivity index (χ2n) is 4.93. The lowest BCUT2D eigenvalue weighted by molar-refractivity contribution is 0.431. The third kappa shape index (κ3) is 9.92. The predicted molar refractivity (Wildman–Crippen MR) is 62.0 cm³/mol. The molecule has 0 nitrogen and oxygen atoms in total. The number of hydrogen-bond donors (Lipinski definition) is 0. The van der Waals surface area contributed by atoms with Crippen LogP contribution in [0, 0.1) is 11.8 Å². The van der Waals surface area contributed by atoms with Crippen molar-refractivity contribution < 1.29 is 0 Å². The largest absolute Gasteiger partial charge is 0.0654 e. The van der Waals surface area contributed by atoms with Crippen molar-refractivity contribution in [3.63, 3.8) is 0 Å². The van der Waals surface area contributed by atoms with Crippen LogP contribution in [0.15, 0.2) is 0 Å². The van der Waals surface area contributed by atoms with Crippen molar-refractivity contribution in [1.82, 2.24) is 0 Å². The summed E-state index contributed by atoms with van der Waals surface area (Å²) in [5.74, 6) is 1.86. The Hall–Kier alpha value is 0. The minimum atomic E-state index is 0.894. The summed E-state index contributed by atoms with van der Waals surface area (Å²) in [6.45, 7) is 9.33. The summed E-state index contributed by atoms with van der Waals surface area (Å²) in [6, 6.07) is 0. The van der Waals surface area contributed by atoms with Crippen molar-refractivity contribution in [3.05, 3.63) is 0 Å². The van der Waals surface area contributed by atoms with Gasteiger partial charge in [-0.3, -0.25) is 0 Å². The zero-order valence-electron chi connectivity index (χ0n) is 10.1. The van der Waals surface area contributed by atoms with Crippen LogP contribution >= 0.6 is 0 Å². The Kier molecular flexibility index (Phi) is 8.59. The van der Waals surface area contributed by atoms with Gasteiger partial charge in [-0.25, -0.2) is 0 Å². The van der Waals surface area contributed by atoms with Crippen molar-refractivity contribution in [2.24, 2.45) is 11.8 Å². The fourth-order valence-corrected chi connectivity index (χ4v) is 1.74. The summed E-state index contributed by atoms with van der Waals surface area (Å²) in [7, 11) is 0. The Morgan fingerprint density at radius 2 is 1.31 bits per heavy atom. The lowest BCUT2D eigenvalue weighted by atomic mass is 9.96. The van der Waals surface area contributed by atoms with Crippen LogP contribution in [-0.2, 0) is 0 Å². The first kappa shape index (κ1) is 13.0. The maximum Gasteiger partial charge on any atom is -0.0443 e. The summed E-state index contributed by atoms with van der Waals surface area (Å²) in [5, 5.41) is 0. The molecule has 0 heteroatoms. The van der Waals surface area contributed by atoms with Crippen molar-refractivity contribution >= 4 is 0 Å². The molecule has 0 heterocycles. The molecule has 0 aromatic heterocycles. The molecule has 0 radical (unpaired) electrons. The lowest BCUT2D eigenvalue weighted by Crippen LogP contribution is -1.95. The quantitative estimate of drug-likeness (QED) is 0.464. The fraction of sp³-hybridized carbons (Fsp3) is 1.00. The molecular weight excluding hydrogens is 156 g/mol. The van der Waals surface area contributed by atoms with Gasteiger partial charge in [0, 0.05) is 0 Å². The summed E-state index contributed by atoms with van der Waals surface area (Å²) in [4.78, 5) is 0. The molecule has 0 fully saturated rings. The van der Waals surface area contributed by atoms with E-state index in [1.54, 1.807) is 0 Å². The van der Waals surface area contributed by atoms with E-state index in [0.717, 1.165) is 11.8 Å². The van der Waals surface area contributed by atoms with E-state index in [1.807, 2.05) is 0 Å². The van der Waals surface area contributed by atoms with Gasteiger partial charge in [-0.05, 0) is 11.8 Å². The van der Waals surface area contributed by atoms with Crippen molar-refractivity contribution in [1.29, 1.82) is 0 Å². The van der Waals surface area contributed by atoms with Gasteiger partial charge in [-0.15, -0.1) is 0 Å². The molecule has 13 heavy (non-hydrogen) atoms. The van der Waals surface area contributed by atoms with Gasteiger partial charge in [0.05, 0.1) is 0 Å². The maximum absolute atomic E-state index is 2.41. The predicted octanol–water partition coefficient (Wildman–Crippen LogP) is 5.03. The first-order valence-corrected chi connectivity index (χ1v) is 6.16. The number of hydrogen-bond acceptors (Lipinski definition) is 0. The van der Waals surface area contributed by atoms with E-state index in [2.05, 4.69) is 27.7 Å². The molecule has 0 aliphatic carbocycles. The van der Waals surface area contributed by atoms with Gasteiger partial charge < -0.3 is 0 Å². The Balaban J connectivity index is 3.12. The molecule has 0 aromatic rings. The van der Waals surface area contributed by atoms with Crippen LogP contribution in [0.3, 0.4) is 0 Å². The number of rotatable bonds is 8. The van der Waals surface area contributed by atoms with E-state index in [9.17, 15) is 0 Å². The normalized spacial score (nSPS) is 13.6. The van der Waals surface area contributed by atoms with E-state index < -0.39 is 0 Å².